The summed E-state index contributed by atoms with van der Waals surface area (Å²) in [5, 5.41) is 3.67. The van der Waals surface area contributed by atoms with E-state index < -0.39 is 0 Å². The van der Waals surface area contributed by atoms with Gasteiger partial charge < -0.3 is 5.32 Å². The minimum absolute atomic E-state index is 0.750. The lowest BCUT2D eigenvalue weighted by Gasteiger charge is -2.43. The molecule has 2 heteroatoms. The number of halogens is 1. The van der Waals surface area contributed by atoms with Crippen LogP contribution in [0.3, 0.4) is 0 Å². The van der Waals surface area contributed by atoms with Crippen molar-refractivity contribution in [3.8, 4) is 0 Å². The molecule has 1 unspecified atom stereocenters. The molecule has 2 heterocycles. The fourth-order valence-corrected chi connectivity index (χ4v) is 2.80. The highest BCUT2D eigenvalue weighted by atomic mass is 35.5. The molecule has 0 spiro atoms. The van der Waals surface area contributed by atoms with Crippen LogP contribution in [0.2, 0.25) is 0 Å². The molecule has 1 atom stereocenters. The number of nitrogens with one attached hydrogen (secondary N) is 1. The Morgan fingerprint density at radius 3 is 2.36 bits per heavy atom. The molecule has 3 rings (SSSR count). The van der Waals surface area contributed by atoms with Crippen molar-refractivity contribution in [2.24, 2.45) is 5.92 Å². The van der Waals surface area contributed by atoms with Crippen LogP contribution < -0.4 is 5.32 Å². The predicted octanol–water partition coefficient (Wildman–Crippen LogP) is 2.15. The molecule has 1 N–H and O–H groups in total. The summed E-state index contributed by atoms with van der Waals surface area (Å²) in [6.45, 7) is 0. The first-order valence-corrected chi connectivity index (χ1v) is 5.25. The van der Waals surface area contributed by atoms with E-state index in [-0.39, 0.29) is 0 Å². The fraction of sp³-hybridized carbons (Fsp3) is 1.00. The first kappa shape index (κ1) is 7.88. The van der Waals surface area contributed by atoms with Crippen LogP contribution in [0.5, 0.6) is 0 Å². The summed E-state index contributed by atoms with van der Waals surface area (Å²) >= 11 is 5.73. The van der Waals surface area contributed by atoms with Gasteiger partial charge in [0.25, 0.3) is 0 Å². The first-order chi connectivity index (χ1) is 5.40. The maximum atomic E-state index is 5.73. The van der Waals surface area contributed by atoms with Gasteiger partial charge in [-0.25, -0.2) is 0 Å². The Labute approximate surface area is 73.5 Å². The van der Waals surface area contributed by atoms with Gasteiger partial charge in [-0.15, -0.1) is 11.6 Å². The maximum absolute atomic E-state index is 5.73. The fourth-order valence-electron chi connectivity index (χ4n) is 2.56. The maximum Gasteiger partial charge on any atom is 0.0238 e. The van der Waals surface area contributed by atoms with Gasteiger partial charge in [-0.05, 0) is 38.0 Å². The van der Waals surface area contributed by atoms with Crippen LogP contribution in [0.1, 0.15) is 32.1 Å². The Balaban J connectivity index is 1.92. The van der Waals surface area contributed by atoms with Gasteiger partial charge in [0.15, 0.2) is 0 Å². The highest BCUT2D eigenvalue weighted by Crippen LogP contribution is 2.34. The summed E-state index contributed by atoms with van der Waals surface area (Å²) in [5.41, 5.74) is 0. The molecule has 11 heavy (non-hydrogen) atoms. The van der Waals surface area contributed by atoms with E-state index in [9.17, 15) is 0 Å². The average Bonchev–Trinajstić information content (AvgIpc) is 2.07. The molecule has 0 radical (unpaired) electrons. The molecule has 0 aromatic carbocycles. The number of fused-ring (bicyclic) bond motifs is 3. The van der Waals surface area contributed by atoms with Crippen molar-refractivity contribution in [2.45, 2.75) is 44.2 Å². The van der Waals surface area contributed by atoms with Crippen LogP contribution >= 0.6 is 11.6 Å². The highest BCUT2D eigenvalue weighted by Gasteiger charge is 2.33. The largest absolute Gasteiger partial charge is 0.311 e. The first-order valence-electron chi connectivity index (χ1n) is 4.72. The third kappa shape index (κ3) is 1.54. The Bertz CT molecular complexity index is 130. The van der Waals surface area contributed by atoms with E-state index in [2.05, 4.69) is 5.32 Å². The number of hydrogen-bond acceptors (Lipinski definition) is 1. The molecule has 64 valence electrons. The molecule has 2 aliphatic heterocycles. The van der Waals surface area contributed by atoms with E-state index in [0.717, 1.165) is 23.9 Å². The SMILES string of the molecule is ClCCC1NC2CCC1CC2. The zero-order valence-electron chi connectivity index (χ0n) is 6.85. The van der Waals surface area contributed by atoms with Crippen LogP contribution in [0, 0.1) is 5.92 Å². The molecular weight excluding hydrogens is 158 g/mol. The lowest BCUT2D eigenvalue weighted by molar-refractivity contribution is 0.146. The molecule has 0 aromatic heterocycles. The number of rotatable bonds is 2. The van der Waals surface area contributed by atoms with Crippen molar-refractivity contribution in [3.63, 3.8) is 0 Å². The van der Waals surface area contributed by atoms with Crippen molar-refractivity contribution < 1.29 is 0 Å². The lowest BCUT2D eigenvalue weighted by Crippen LogP contribution is -2.52. The van der Waals surface area contributed by atoms with Crippen molar-refractivity contribution >= 4 is 11.6 Å². The summed E-state index contributed by atoms with van der Waals surface area (Å²) in [7, 11) is 0. The standard InChI is InChI=1S/C9H16ClN/c10-6-5-9-7-1-3-8(11-9)4-2-7/h7-9,11H,1-6H2. The van der Waals surface area contributed by atoms with E-state index in [4.69, 9.17) is 11.6 Å². The third-order valence-corrected chi connectivity index (χ3v) is 3.43. The molecule has 3 fully saturated rings. The molecule has 1 nitrogen and oxygen atoms in total. The predicted molar refractivity (Wildman–Crippen MR) is 48.0 cm³/mol. The van der Waals surface area contributed by atoms with Crippen molar-refractivity contribution in [3.05, 3.63) is 0 Å². The van der Waals surface area contributed by atoms with Gasteiger partial charge in [0, 0.05) is 18.0 Å². The highest BCUT2D eigenvalue weighted by molar-refractivity contribution is 6.17. The minimum Gasteiger partial charge on any atom is -0.311 e. The van der Waals surface area contributed by atoms with Crippen LogP contribution in [-0.4, -0.2) is 18.0 Å². The second kappa shape index (κ2) is 3.32. The second-order valence-electron chi connectivity index (χ2n) is 3.86. The quantitative estimate of drug-likeness (QED) is 0.631. The van der Waals surface area contributed by atoms with Gasteiger partial charge in [0.1, 0.15) is 0 Å². The van der Waals surface area contributed by atoms with Crippen LogP contribution in [0.15, 0.2) is 0 Å². The normalized spacial score (nSPS) is 42.8. The molecule has 0 aromatic rings. The summed E-state index contributed by atoms with van der Waals surface area (Å²) in [5.74, 6) is 1.76. The van der Waals surface area contributed by atoms with Gasteiger partial charge in [-0.2, -0.15) is 0 Å². The third-order valence-electron chi connectivity index (χ3n) is 3.21. The van der Waals surface area contributed by atoms with Crippen molar-refractivity contribution in [1.29, 1.82) is 0 Å². The summed E-state index contributed by atoms with van der Waals surface area (Å²) in [6.07, 6.45) is 6.87. The monoisotopic (exact) mass is 173 g/mol. The van der Waals surface area contributed by atoms with E-state index >= 15 is 0 Å². The van der Waals surface area contributed by atoms with Gasteiger partial charge in [-0.1, -0.05) is 0 Å². The molecular formula is C9H16ClN. The summed E-state index contributed by atoms with van der Waals surface area (Å²) < 4.78 is 0. The molecule has 2 saturated heterocycles. The molecule has 0 amide bonds. The lowest BCUT2D eigenvalue weighted by atomic mass is 9.75. The van der Waals surface area contributed by atoms with Gasteiger partial charge in [-0.3, -0.25) is 0 Å². The Morgan fingerprint density at radius 1 is 1.18 bits per heavy atom. The van der Waals surface area contributed by atoms with Gasteiger partial charge >= 0.3 is 0 Å². The molecule has 1 saturated carbocycles. The van der Waals surface area contributed by atoms with Crippen LogP contribution in [-0.2, 0) is 0 Å². The average molecular weight is 174 g/mol. The zero-order valence-corrected chi connectivity index (χ0v) is 7.61. The molecule has 2 bridgehead atoms. The van der Waals surface area contributed by atoms with Gasteiger partial charge in [0.05, 0.1) is 0 Å². The molecule has 3 aliphatic rings. The number of alkyl halides is 1. The Morgan fingerprint density at radius 2 is 1.91 bits per heavy atom. The van der Waals surface area contributed by atoms with E-state index in [0.29, 0.717) is 0 Å². The topological polar surface area (TPSA) is 12.0 Å². The zero-order chi connectivity index (χ0) is 7.68. The Kier molecular flexibility index (Phi) is 2.38. The minimum atomic E-state index is 0.750. The van der Waals surface area contributed by atoms with Crippen molar-refractivity contribution in [1.82, 2.24) is 5.32 Å². The van der Waals surface area contributed by atoms with E-state index in [1.165, 1.54) is 32.1 Å². The Hall–Kier alpha value is 0.250. The van der Waals surface area contributed by atoms with E-state index in [1.807, 2.05) is 0 Å². The van der Waals surface area contributed by atoms with Crippen LogP contribution in [0.4, 0.5) is 0 Å². The summed E-state index contributed by atoms with van der Waals surface area (Å²) in [4.78, 5) is 0. The number of piperidine rings is 2. The van der Waals surface area contributed by atoms with Gasteiger partial charge in [0.2, 0.25) is 0 Å². The summed E-state index contributed by atoms with van der Waals surface area (Å²) in [6, 6.07) is 1.58. The number of hydrogen-bond donors (Lipinski definition) is 1. The van der Waals surface area contributed by atoms with Crippen molar-refractivity contribution in [2.75, 3.05) is 5.88 Å². The smallest absolute Gasteiger partial charge is 0.0238 e. The van der Waals surface area contributed by atoms with E-state index in [1.54, 1.807) is 0 Å². The van der Waals surface area contributed by atoms with Crippen LogP contribution in [0.25, 0.3) is 0 Å². The second-order valence-corrected chi connectivity index (χ2v) is 4.24. The molecule has 1 aliphatic carbocycles.